The van der Waals surface area contributed by atoms with Crippen LogP contribution in [-0.2, 0) is 10.0 Å². The van der Waals surface area contributed by atoms with E-state index in [4.69, 9.17) is 0 Å². The van der Waals surface area contributed by atoms with Crippen LogP contribution in [0.5, 0.6) is 0 Å². The highest BCUT2D eigenvalue weighted by atomic mass is 32.2. The molecule has 0 aliphatic rings. The smallest absolute Gasteiger partial charge is 0.271 e. The molecule has 2 rings (SSSR count). The van der Waals surface area contributed by atoms with Gasteiger partial charge in [-0.25, -0.2) is 13.2 Å². The van der Waals surface area contributed by atoms with Crippen LogP contribution >= 0.6 is 0 Å². The van der Waals surface area contributed by atoms with E-state index in [1.54, 1.807) is 35.3 Å². The molecule has 0 unspecified atom stereocenters. The highest BCUT2D eigenvalue weighted by Gasteiger charge is 2.14. The summed E-state index contributed by atoms with van der Waals surface area (Å²) in [6.45, 7) is 0. The van der Waals surface area contributed by atoms with Crippen LogP contribution in [0.15, 0.2) is 51.5 Å². The zero-order chi connectivity index (χ0) is 14.8. The molecule has 2 aromatic rings. The fourth-order valence-electron chi connectivity index (χ4n) is 1.42. The second-order valence-corrected chi connectivity index (χ2v) is 5.49. The van der Waals surface area contributed by atoms with Crippen LogP contribution in [-0.4, -0.2) is 17.4 Å². The first-order chi connectivity index (χ1) is 9.40. The summed E-state index contributed by atoms with van der Waals surface area (Å²) in [5, 5.41) is 0.751. The van der Waals surface area contributed by atoms with Crippen molar-refractivity contribution in [1.82, 2.24) is 8.96 Å². The summed E-state index contributed by atoms with van der Waals surface area (Å²) in [5.41, 5.74) is -1.91. The Morgan fingerprint density at radius 2 is 1.80 bits per heavy atom. The molecular formula is C12H9FN2O4S. The second kappa shape index (κ2) is 5.25. The SMILES string of the molecule is O=c1[nH]c(=O)n(S(=O)(=O)C=Cc2ccccc2)cc1F. The van der Waals surface area contributed by atoms with E-state index in [0.717, 1.165) is 5.41 Å². The third-order valence-electron chi connectivity index (χ3n) is 2.37. The number of aromatic amines is 1. The molecule has 1 aromatic heterocycles. The Hall–Kier alpha value is -2.48. The average molecular weight is 296 g/mol. The normalized spacial score (nSPS) is 11.8. The van der Waals surface area contributed by atoms with Gasteiger partial charge in [0.05, 0.1) is 11.6 Å². The lowest BCUT2D eigenvalue weighted by Crippen LogP contribution is -2.34. The van der Waals surface area contributed by atoms with Gasteiger partial charge in [0.25, 0.3) is 15.6 Å². The molecule has 0 spiro atoms. The van der Waals surface area contributed by atoms with Crippen LogP contribution in [0.1, 0.15) is 5.56 Å². The topological polar surface area (TPSA) is 89.0 Å². The predicted octanol–water partition coefficient (Wildman–Crippen LogP) is 0.524. The third-order valence-corrected chi connectivity index (χ3v) is 3.67. The fourth-order valence-corrected chi connectivity index (χ4v) is 2.39. The van der Waals surface area contributed by atoms with E-state index in [9.17, 15) is 22.4 Å². The van der Waals surface area contributed by atoms with E-state index >= 15 is 0 Å². The quantitative estimate of drug-likeness (QED) is 0.894. The molecule has 0 bridgehead atoms. The number of rotatable bonds is 3. The number of hydrogen-bond acceptors (Lipinski definition) is 4. The number of hydrogen-bond donors (Lipinski definition) is 1. The molecular weight excluding hydrogens is 287 g/mol. The summed E-state index contributed by atoms with van der Waals surface area (Å²) in [4.78, 5) is 23.8. The van der Waals surface area contributed by atoms with Gasteiger partial charge in [0.15, 0.2) is 0 Å². The lowest BCUT2D eigenvalue weighted by Gasteiger charge is -2.02. The lowest BCUT2D eigenvalue weighted by molar-refractivity contribution is 0.570. The van der Waals surface area contributed by atoms with Crippen molar-refractivity contribution in [3.8, 4) is 0 Å². The summed E-state index contributed by atoms with van der Waals surface area (Å²) in [6, 6.07) is 8.48. The Kier molecular flexibility index (Phi) is 3.66. The first kappa shape index (κ1) is 13.9. The number of aromatic nitrogens is 2. The number of H-pyrrole nitrogens is 1. The van der Waals surface area contributed by atoms with Crippen LogP contribution in [0.25, 0.3) is 6.08 Å². The number of nitrogens with zero attached hydrogens (tertiary/aromatic N) is 1. The van der Waals surface area contributed by atoms with Crippen LogP contribution in [0.3, 0.4) is 0 Å². The minimum atomic E-state index is -4.21. The van der Waals surface area contributed by atoms with E-state index in [1.807, 2.05) is 0 Å². The molecule has 1 N–H and O–H groups in total. The molecule has 0 aliphatic carbocycles. The van der Waals surface area contributed by atoms with Gasteiger partial charge in [-0.15, -0.1) is 0 Å². The fraction of sp³-hybridized carbons (Fsp3) is 0. The van der Waals surface area contributed by atoms with Gasteiger partial charge in [-0.2, -0.15) is 8.36 Å². The van der Waals surface area contributed by atoms with Crippen molar-refractivity contribution in [1.29, 1.82) is 0 Å². The molecule has 1 heterocycles. The predicted molar refractivity (Wildman–Crippen MR) is 71.1 cm³/mol. The molecule has 6 nitrogen and oxygen atoms in total. The molecule has 8 heteroatoms. The van der Waals surface area contributed by atoms with E-state index in [1.165, 1.54) is 6.08 Å². The third kappa shape index (κ3) is 2.91. The zero-order valence-electron chi connectivity index (χ0n) is 9.99. The van der Waals surface area contributed by atoms with Gasteiger partial charge in [-0.1, -0.05) is 30.3 Å². The van der Waals surface area contributed by atoms with Gasteiger partial charge in [-0.3, -0.25) is 9.78 Å². The van der Waals surface area contributed by atoms with Crippen LogP contribution in [0.2, 0.25) is 0 Å². The van der Waals surface area contributed by atoms with E-state index in [2.05, 4.69) is 0 Å². The first-order valence-corrected chi connectivity index (χ1v) is 6.91. The summed E-state index contributed by atoms with van der Waals surface area (Å²) >= 11 is 0. The standard InChI is InChI=1S/C12H9FN2O4S/c13-10-8-15(12(17)14-11(10)16)20(18,19)7-6-9-4-2-1-3-5-9/h1-8H,(H,14,16,17). The van der Waals surface area contributed by atoms with Crippen LogP contribution in [0, 0.1) is 5.82 Å². The van der Waals surface area contributed by atoms with Crippen molar-refractivity contribution in [3.05, 3.63) is 74.2 Å². The van der Waals surface area contributed by atoms with E-state index < -0.39 is 27.1 Å². The van der Waals surface area contributed by atoms with E-state index in [0.29, 0.717) is 11.8 Å². The second-order valence-electron chi connectivity index (χ2n) is 3.79. The Morgan fingerprint density at radius 3 is 2.45 bits per heavy atom. The highest BCUT2D eigenvalue weighted by molar-refractivity contribution is 7.92. The van der Waals surface area contributed by atoms with Crippen molar-refractivity contribution < 1.29 is 12.8 Å². The molecule has 0 radical (unpaired) electrons. The monoisotopic (exact) mass is 296 g/mol. The lowest BCUT2D eigenvalue weighted by atomic mass is 10.2. The Morgan fingerprint density at radius 1 is 1.15 bits per heavy atom. The number of halogens is 1. The van der Waals surface area contributed by atoms with Crippen molar-refractivity contribution in [2.75, 3.05) is 0 Å². The highest BCUT2D eigenvalue weighted by Crippen LogP contribution is 2.04. The summed E-state index contributed by atoms with van der Waals surface area (Å²) in [6.07, 6.45) is 1.59. The van der Waals surface area contributed by atoms with Crippen molar-refractivity contribution in [2.45, 2.75) is 0 Å². The Bertz CT molecular complexity index is 866. The minimum absolute atomic E-state index is 0.128. The Balaban J connectivity index is 2.47. The number of nitrogens with one attached hydrogen (secondary N) is 1. The van der Waals surface area contributed by atoms with Gasteiger partial charge >= 0.3 is 5.69 Å². The molecule has 0 aliphatic heterocycles. The molecule has 0 saturated carbocycles. The number of benzene rings is 1. The average Bonchev–Trinajstić information content (AvgIpc) is 2.42. The van der Waals surface area contributed by atoms with Gasteiger partial charge in [0, 0.05) is 0 Å². The molecule has 0 saturated heterocycles. The summed E-state index contributed by atoms with van der Waals surface area (Å²) in [5.74, 6) is -1.36. The van der Waals surface area contributed by atoms with Gasteiger partial charge in [0.2, 0.25) is 5.82 Å². The van der Waals surface area contributed by atoms with Crippen LogP contribution in [0.4, 0.5) is 4.39 Å². The maximum atomic E-state index is 13.1. The summed E-state index contributed by atoms with van der Waals surface area (Å²) in [7, 11) is -4.21. The first-order valence-electron chi connectivity index (χ1n) is 5.40. The molecule has 20 heavy (non-hydrogen) atoms. The van der Waals surface area contributed by atoms with Crippen molar-refractivity contribution in [3.63, 3.8) is 0 Å². The largest absolute Gasteiger partial charge is 0.342 e. The molecule has 1 aromatic carbocycles. The molecule has 0 fully saturated rings. The van der Waals surface area contributed by atoms with Gasteiger partial charge in [-0.05, 0) is 11.6 Å². The Labute approximate surface area is 112 Å². The molecule has 0 amide bonds. The van der Waals surface area contributed by atoms with Crippen molar-refractivity contribution in [2.24, 2.45) is 0 Å². The summed E-state index contributed by atoms with van der Waals surface area (Å²) < 4.78 is 36.9. The van der Waals surface area contributed by atoms with E-state index in [-0.39, 0.29) is 3.97 Å². The molecule has 0 atom stereocenters. The zero-order valence-corrected chi connectivity index (χ0v) is 10.8. The van der Waals surface area contributed by atoms with Crippen molar-refractivity contribution >= 4 is 16.1 Å². The minimum Gasteiger partial charge on any atom is -0.271 e. The molecule has 104 valence electrons. The van der Waals surface area contributed by atoms with Crippen LogP contribution < -0.4 is 11.2 Å². The maximum Gasteiger partial charge on any atom is 0.342 e. The van der Waals surface area contributed by atoms with Gasteiger partial charge < -0.3 is 0 Å². The maximum absolute atomic E-state index is 13.1. The van der Waals surface area contributed by atoms with Gasteiger partial charge in [0.1, 0.15) is 0 Å².